The van der Waals surface area contributed by atoms with Crippen LogP contribution in [0.3, 0.4) is 0 Å². The number of nitrogen functional groups attached to an aromatic ring is 1. The van der Waals surface area contributed by atoms with Crippen molar-refractivity contribution in [2.45, 2.75) is 39.7 Å². The molecule has 0 radical (unpaired) electrons. The number of hydrogen-bond donors (Lipinski definition) is 1. The zero-order valence-corrected chi connectivity index (χ0v) is 11.7. The van der Waals surface area contributed by atoms with E-state index >= 15 is 0 Å². The number of rotatable bonds is 5. The molecule has 19 heavy (non-hydrogen) atoms. The molecule has 0 fully saturated rings. The summed E-state index contributed by atoms with van der Waals surface area (Å²) < 4.78 is 1.87. The third-order valence-electron chi connectivity index (χ3n) is 3.55. The highest BCUT2D eigenvalue weighted by molar-refractivity contribution is 5.71. The van der Waals surface area contributed by atoms with E-state index in [9.17, 15) is 0 Å². The Hall–Kier alpha value is -1.91. The first kappa shape index (κ1) is 13.5. The van der Waals surface area contributed by atoms with E-state index in [1.807, 2.05) is 28.9 Å². The summed E-state index contributed by atoms with van der Waals surface area (Å²) in [6, 6.07) is 7.94. The lowest BCUT2D eigenvalue weighted by Gasteiger charge is -2.17. The molecule has 0 saturated carbocycles. The van der Waals surface area contributed by atoms with E-state index in [0.29, 0.717) is 11.6 Å². The Balaban J connectivity index is 2.30. The molecule has 1 aromatic carbocycles. The first-order valence-electron chi connectivity index (χ1n) is 6.76. The minimum atomic E-state index is 0.263. The Kier molecular flexibility index (Phi) is 4.14. The van der Waals surface area contributed by atoms with Crippen molar-refractivity contribution < 1.29 is 0 Å². The maximum atomic E-state index is 6.00. The molecule has 2 aromatic rings. The largest absolute Gasteiger partial charge is 0.398 e. The van der Waals surface area contributed by atoms with Gasteiger partial charge in [-0.2, -0.15) is 0 Å². The van der Waals surface area contributed by atoms with Crippen molar-refractivity contribution in [2.24, 2.45) is 5.92 Å². The molecule has 0 saturated heterocycles. The molecule has 0 spiro atoms. The molecule has 102 valence electrons. The molecule has 0 aliphatic carbocycles. The van der Waals surface area contributed by atoms with Gasteiger partial charge in [-0.15, -0.1) is 5.10 Å². The second kappa shape index (κ2) is 5.82. The van der Waals surface area contributed by atoms with Gasteiger partial charge in [-0.05, 0) is 41.8 Å². The van der Waals surface area contributed by atoms with Crippen LogP contribution in [0.15, 0.2) is 24.3 Å². The number of hydrogen-bond acceptors (Lipinski definition) is 4. The smallest absolute Gasteiger partial charge is 0.184 e. The lowest BCUT2D eigenvalue weighted by molar-refractivity contribution is 0.371. The van der Waals surface area contributed by atoms with Crippen LogP contribution in [0.5, 0.6) is 0 Å². The molecule has 0 amide bonds. The molecule has 5 nitrogen and oxygen atoms in total. The fraction of sp³-hybridized carbons (Fsp3) is 0.500. The van der Waals surface area contributed by atoms with Gasteiger partial charge in [-0.1, -0.05) is 32.4 Å². The summed E-state index contributed by atoms with van der Waals surface area (Å²) >= 11 is 0. The molecule has 2 unspecified atom stereocenters. The summed E-state index contributed by atoms with van der Waals surface area (Å²) in [4.78, 5) is 0. The zero-order valence-electron chi connectivity index (χ0n) is 11.7. The molecule has 0 aliphatic heterocycles. The van der Waals surface area contributed by atoms with Crippen LogP contribution in [0, 0.1) is 5.92 Å². The molecule has 1 heterocycles. The highest BCUT2D eigenvalue weighted by atomic mass is 15.5. The molecule has 2 N–H and O–H groups in total. The fourth-order valence-electron chi connectivity index (χ4n) is 2.22. The Morgan fingerprint density at radius 3 is 2.68 bits per heavy atom. The Morgan fingerprint density at radius 2 is 2.00 bits per heavy atom. The Labute approximate surface area is 113 Å². The quantitative estimate of drug-likeness (QED) is 0.838. The van der Waals surface area contributed by atoms with Gasteiger partial charge in [-0.3, -0.25) is 0 Å². The number of tetrazole rings is 1. The van der Waals surface area contributed by atoms with Gasteiger partial charge in [0.15, 0.2) is 5.82 Å². The van der Waals surface area contributed by atoms with E-state index < -0.39 is 0 Å². The second-order valence-corrected chi connectivity index (χ2v) is 5.13. The fourth-order valence-corrected chi connectivity index (χ4v) is 2.22. The first-order chi connectivity index (χ1) is 9.13. The molecule has 1 aromatic heterocycles. The summed E-state index contributed by atoms with van der Waals surface area (Å²) in [6.07, 6.45) is 2.22. The third kappa shape index (κ3) is 2.92. The zero-order chi connectivity index (χ0) is 13.8. The molecule has 0 aliphatic rings. The van der Waals surface area contributed by atoms with Crippen molar-refractivity contribution in [2.75, 3.05) is 5.73 Å². The molecule has 5 heteroatoms. The van der Waals surface area contributed by atoms with Crippen molar-refractivity contribution in [1.29, 1.82) is 0 Å². The van der Waals surface area contributed by atoms with Gasteiger partial charge in [0.25, 0.3) is 0 Å². The van der Waals surface area contributed by atoms with Crippen LogP contribution >= 0.6 is 0 Å². The molecular formula is C14H21N5. The average molecular weight is 259 g/mol. The van der Waals surface area contributed by atoms with Gasteiger partial charge in [-0.25, -0.2) is 4.68 Å². The van der Waals surface area contributed by atoms with E-state index in [1.54, 1.807) is 0 Å². The predicted octanol–water partition coefficient (Wildman–Crippen LogP) is 2.92. The van der Waals surface area contributed by atoms with Crippen LogP contribution in [-0.2, 0) is 0 Å². The number of anilines is 1. The van der Waals surface area contributed by atoms with Crippen LogP contribution in [-0.4, -0.2) is 20.2 Å². The van der Waals surface area contributed by atoms with Crippen molar-refractivity contribution in [3.63, 3.8) is 0 Å². The van der Waals surface area contributed by atoms with E-state index in [0.717, 1.165) is 24.2 Å². The predicted molar refractivity (Wildman–Crippen MR) is 76.4 cm³/mol. The van der Waals surface area contributed by atoms with Gasteiger partial charge in [0, 0.05) is 11.3 Å². The van der Waals surface area contributed by atoms with Gasteiger partial charge < -0.3 is 5.73 Å². The first-order valence-corrected chi connectivity index (χ1v) is 6.76. The van der Waals surface area contributed by atoms with E-state index in [1.165, 1.54) is 0 Å². The van der Waals surface area contributed by atoms with Crippen molar-refractivity contribution >= 4 is 5.69 Å². The SMILES string of the molecule is CCC(C)CC(C)n1nnnc1-c1ccccc1N. The highest BCUT2D eigenvalue weighted by Crippen LogP contribution is 2.27. The normalized spacial score (nSPS) is 14.3. The van der Waals surface area contributed by atoms with Gasteiger partial charge in [0.1, 0.15) is 0 Å². The third-order valence-corrected chi connectivity index (χ3v) is 3.55. The number of para-hydroxylation sites is 1. The summed E-state index contributed by atoms with van der Waals surface area (Å²) in [5.41, 5.74) is 7.59. The van der Waals surface area contributed by atoms with Crippen molar-refractivity contribution in [1.82, 2.24) is 20.2 Å². The summed E-state index contributed by atoms with van der Waals surface area (Å²) in [5, 5.41) is 12.0. The van der Waals surface area contributed by atoms with E-state index in [2.05, 4.69) is 36.3 Å². The monoisotopic (exact) mass is 259 g/mol. The van der Waals surface area contributed by atoms with Gasteiger partial charge >= 0.3 is 0 Å². The molecule has 2 atom stereocenters. The number of aromatic nitrogens is 4. The lowest BCUT2D eigenvalue weighted by atomic mass is 10.0. The van der Waals surface area contributed by atoms with Crippen LogP contribution in [0.1, 0.15) is 39.7 Å². The second-order valence-electron chi connectivity index (χ2n) is 5.13. The van der Waals surface area contributed by atoms with Crippen LogP contribution in [0.25, 0.3) is 11.4 Å². The minimum absolute atomic E-state index is 0.263. The summed E-state index contributed by atoms with van der Waals surface area (Å²) in [5.74, 6) is 1.40. The Bertz CT molecular complexity index is 534. The topological polar surface area (TPSA) is 69.6 Å². The number of benzene rings is 1. The van der Waals surface area contributed by atoms with Crippen molar-refractivity contribution in [3.05, 3.63) is 24.3 Å². The summed E-state index contributed by atoms with van der Waals surface area (Å²) in [7, 11) is 0. The maximum Gasteiger partial charge on any atom is 0.184 e. The summed E-state index contributed by atoms with van der Waals surface area (Å²) in [6.45, 7) is 6.59. The minimum Gasteiger partial charge on any atom is -0.398 e. The average Bonchev–Trinajstić information content (AvgIpc) is 2.88. The van der Waals surface area contributed by atoms with Gasteiger partial charge in [0.2, 0.25) is 0 Å². The van der Waals surface area contributed by atoms with Crippen LogP contribution in [0.4, 0.5) is 5.69 Å². The standard InChI is InChI=1S/C14H21N5/c1-4-10(2)9-11(3)19-14(16-17-18-19)12-7-5-6-8-13(12)15/h5-8,10-11H,4,9,15H2,1-3H3. The van der Waals surface area contributed by atoms with E-state index in [-0.39, 0.29) is 6.04 Å². The Morgan fingerprint density at radius 1 is 1.26 bits per heavy atom. The van der Waals surface area contributed by atoms with Crippen LogP contribution in [0.2, 0.25) is 0 Å². The van der Waals surface area contributed by atoms with Crippen LogP contribution < -0.4 is 5.73 Å². The number of nitrogens with zero attached hydrogens (tertiary/aromatic N) is 4. The van der Waals surface area contributed by atoms with Crippen molar-refractivity contribution in [3.8, 4) is 11.4 Å². The van der Waals surface area contributed by atoms with Gasteiger partial charge in [0.05, 0.1) is 6.04 Å². The molecule has 0 bridgehead atoms. The highest BCUT2D eigenvalue weighted by Gasteiger charge is 2.17. The maximum absolute atomic E-state index is 6.00. The lowest BCUT2D eigenvalue weighted by Crippen LogP contribution is -2.12. The number of nitrogens with two attached hydrogens (primary N) is 1. The molecule has 2 rings (SSSR count). The molecular weight excluding hydrogens is 238 g/mol. The van der Waals surface area contributed by atoms with E-state index in [4.69, 9.17) is 5.73 Å².